The number of carboxylic acids is 1. The Morgan fingerprint density at radius 1 is 1.47 bits per heavy atom. The Hall–Kier alpha value is -1.26. The third-order valence-electron chi connectivity index (χ3n) is 3.47. The average molecular weight is 286 g/mol. The second-order valence-corrected chi connectivity index (χ2v) is 4.58. The van der Waals surface area contributed by atoms with Gasteiger partial charge in [0, 0.05) is 18.2 Å². The summed E-state index contributed by atoms with van der Waals surface area (Å²) >= 11 is 0. The van der Waals surface area contributed by atoms with Crippen molar-refractivity contribution in [2.75, 3.05) is 20.2 Å². The summed E-state index contributed by atoms with van der Waals surface area (Å²) < 4.78 is 5.39. The topological polar surface area (TPSA) is 49.8 Å². The number of hydrogen-bond acceptors (Lipinski definition) is 3. The molecule has 1 aromatic rings. The van der Waals surface area contributed by atoms with Crippen molar-refractivity contribution in [3.63, 3.8) is 0 Å². The quantitative estimate of drug-likeness (QED) is 0.904. The zero-order chi connectivity index (χ0) is 13.0. The van der Waals surface area contributed by atoms with Crippen LogP contribution in [0.4, 0.5) is 0 Å². The Labute approximate surface area is 119 Å². The maximum absolute atomic E-state index is 10.7. The Balaban J connectivity index is 0.00000180. The van der Waals surface area contributed by atoms with Gasteiger partial charge in [-0.05, 0) is 25.5 Å². The lowest BCUT2D eigenvalue weighted by molar-refractivity contribution is -0.137. The molecule has 1 aromatic carbocycles. The van der Waals surface area contributed by atoms with E-state index in [1.165, 1.54) is 5.56 Å². The standard InChI is InChI=1S/C14H19NO3.ClH/c1-18-13-7-3-2-5-11(13)12-6-4-9-15(12)10-8-14(16)17;/h2-3,5,7,12H,4,6,8-10H2,1H3,(H,16,17);1H. The summed E-state index contributed by atoms with van der Waals surface area (Å²) in [6, 6.07) is 8.29. The minimum absolute atomic E-state index is 0. The fourth-order valence-corrected chi connectivity index (χ4v) is 2.63. The van der Waals surface area contributed by atoms with E-state index < -0.39 is 5.97 Å². The van der Waals surface area contributed by atoms with E-state index >= 15 is 0 Å². The molecule has 1 saturated heterocycles. The van der Waals surface area contributed by atoms with Crippen molar-refractivity contribution < 1.29 is 14.6 Å². The number of benzene rings is 1. The molecule has 0 saturated carbocycles. The average Bonchev–Trinajstić information content (AvgIpc) is 2.84. The maximum Gasteiger partial charge on any atom is 0.304 e. The first-order chi connectivity index (χ1) is 8.72. The van der Waals surface area contributed by atoms with Gasteiger partial charge < -0.3 is 9.84 Å². The Kier molecular flexibility index (Phi) is 6.12. The van der Waals surface area contributed by atoms with Crippen molar-refractivity contribution in [1.29, 1.82) is 0 Å². The summed E-state index contributed by atoms with van der Waals surface area (Å²) in [6.45, 7) is 1.58. The lowest BCUT2D eigenvalue weighted by atomic mass is 10.0. The number of ether oxygens (including phenoxy) is 1. The van der Waals surface area contributed by atoms with Crippen molar-refractivity contribution in [2.45, 2.75) is 25.3 Å². The fourth-order valence-electron chi connectivity index (χ4n) is 2.63. The number of halogens is 1. The second-order valence-electron chi connectivity index (χ2n) is 4.58. The summed E-state index contributed by atoms with van der Waals surface area (Å²) in [5.41, 5.74) is 1.17. The van der Waals surface area contributed by atoms with Gasteiger partial charge in [0.25, 0.3) is 0 Å². The summed E-state index contributed by atoms with van der Waals surface area (Å²) in [7, 11) is 1.68. The largest absolute Gasteiger partial charge is 0.496 e. The predicted octanol–water partition coefficient (Wildman–Crippen LogP) is 2.73. The molecule has 5 heteroatoms. The zero-order valence-electron chi connectivity index (χ0n) is 11.0. The smallest absolute Gasteiger partial charge is 0.304 e. The molecule has 0 spiro atoms. The summed E-state index contributed by atoms with van der Waals surface area (Å²) in [6.07, 6.45) is 2.38. The molecule has 1 aliphatic heterocycles. The van der Waals surface area contributed by atoms with Crippen LogP contribution in [0.25, 0.3) is 0 Å². The van der Waals surface area contributed by atoms with Gasteiger partial charge in [0.2, 0.25) is 0 Å². The van der Waals surface area contributed by atoms with Crippen LogP contribution in [-0.2, 0) is 4.79 Å². The van der Waals surface area contributed by atoms with Crippen LogP contribution >= 0.6 is 12.4 Å². The minimum atomic E-state index is -0.735. The van der Waals surface area contributed by atoms with Gasteiger partial charge in [0.15, 0.2) is 0 Å². The first-order valence-electron chi connectivity index (χ1n) is 6.31. The van der Waals surface area contributed by atoms with E-state index in [0.29, 0.717) is 12.6 Å². The third-order valence-corrected chi connectivity index (χ3v) is 3.47. The van der Waals surface area contributed by atoms with E-state index in [1.54, 1.807) is 7.11 Å². The number of carboxylic acid groups (broad SMARTS) is 1. The number of rotatable bonds is 5. The van der Waals surface area contributed by atoms with E-state index in [9.17, 15) is 4.79 Å². The predicted molar refractivity (Wildman–Crippen MR) is 76.0 cm³/mol. The van der Waals surface area contributed by atoms with Crippen LogP contribution in [0.2, 0.25) is 0 Å². The van der Waals surface area contributed by atoms with Crippen LogP contribution in [0.1, 0.15) is 30.9 Å². The Morgan fingerprint density at radius 3 is 2.89 bits per heavy atom. The minimum Gasteiger partial charge on any atom is -0.496 e. The molecule has 0 bridgehead atoms. The van der Waals surface area contributed by atoms with Gasteiger partial charge in [0.1, 0.15) is 5.75 Å². The molecule has 0 aromatic heterocycles. The van der Waals surface area contributed by atoms with Crippen LogP contribution in [0.5, 0.6) is 5.75 Å². The van der Waals surface area contributed by atoms with Crippen LogP contribution in [0, 0.1) is 0 Å². The highest BCUT2D eigenvalue weighted by Crippen LogP contribution is 2.36. The van der Waals surface area contributed by atoms with Gasteiger partial charge in [-0.2, -0.15) is 0 Å². The van der Waals surface area contributed by atoms with Crippen LogP contribution in [-0.4, -0.2) is 36.2 Å². The number of methoxy groups -OCH3 is 1. The monoisotopic (exact) mass is 285 g/mol. The highest BCUT2D eigenvalue weighted by molar-refractivity contribution is 5.85. The number of likely N-dealkylation sites (tertiary alicyclic amines) is 1. The van der Waals surface area contributed by atoms with Gasteiger partial charge in [-0.3, -0.25) is 9.69 Å². The van der Waals surface area contributed by atoms with E-state index in [2.05, 4.69) is 11.0 Å². The van der Waals surface area contributed by atoms with Crippen molar-refractivity contribution in [3.05, 3.63) is 29.8 Å². The van der Waals surface area contributed by atoms with Gasteiger partial charge in [-0.25, -0.2) is 0 Å². The molecule has 0 radical (unpaired) electrons. The number of carbonyl (C=O) groups is 1. The SMILES string of the molecule is COc1ccccc1C1CCCN1CCC(=O)O.Cl. The van der Waals surface area contributed by atoms with Crippen molar-refractivity contribution in [1.82, 2.24) is 4.90 Å². The van der Waals surface area contributed by atoms with Gasteiger partial charge in [-0.1, -0.05) is 18.2 Å². The Morgan fingerprint density at radius 2 is 2.21 bits per heavy atom. The molecule has 1 N–H and O–H groups in total. The molecular weight excluding hydrogens is 266 g/mol. The highest BCUT2D eigenvalue weighted by Gasteiger charge is 2.28. The molecule has 0 amide bonds. The van der Waals surface area contributed by atoms with E-state index in [-0.39, 0.29) is 18.8 Å². The maximum atomic E-state index is 10.7. The molecule has 2 rings (SSSR count). The lowest BCUT2D eigenvalue weighted by Crippen LogP contribution is -2.26. The molecular formula is C14H20ClNO3. The second kappa shape index (κ2) is 7.36. The molecule has 4 nitrogen and oxygen atoms in total. The molecule has 1 fully saturated rings. The molecule has 1 aliphatic rings. The number of para-hydroxylation sites is 1. The van der Waals surface area contributed by atoms with Crippen molar-refractivity contribution in [3.8, 4) is 5.75 Å². The summed E-state index contributed by atoms with van der Waals surface area (Å²) in [4.78, 5) is 12.9. The fraction of sp³-hybridized carbons (Fsp3) is 0.500. The zero-order valence-corrected chi connectivity index (χ0v) is 11.9. The molecule has 1 atom stereocenters. The highest BCUT2D eigenvalue weighted by atomic mass is 35.5. The van der Waals surface area contributed by atoms with Gasteiger partial charge in [0.05, 0.1) is 13.5 Å². The number of hydrogen-bond donors (Lipinski definition) is 1. The molecule has 106 valence electrons. The van der Waals surface area contributed by atoms with E-state index in [0.717, 1.165) is 25.1 Å². The summed E-state index contributed by atoms with van der Waals surface area (Å²) in [5, 5.41) is 8.78. The third kappa shape index (κ3) is 3.85. The van der Waals surface area contributed by atoms with Crippen molar-refractivity contribution in [2.24, 2.45) is 0 Å². The van der Waals surface area contributed by atoms with Crippen molar-refractivity contribution >= 4 is 18.4 Å². The van der Waals surface area contributed by atoms with Crippen LogP contribution in [0.3, 0.4) is 0 Å². The Bertz CT molecular complexity index is 425. The molecule has 19 heavy (non-hydrogen) atoms. The van der Waals surface area contributed by atoms with Crippen LogP contribution in [0.15, 0.2) is 24.3 Å². The molecule has 0 aliphatic carbocycles. The first kappa shape index (κ1) is 15.8. The van der Waals surface area contributed by atoms with E-state index in [4.69, 9.17) is 9.84 Å². The number of aliphatic carboxylic acids is 1. The summed E-state index contributed by atoms with van der Waals surface area (Å²) in [5.74, 6) is 0.158. The first-order valence-corrected chi connectivity index (χ1v) is 6.31. The van der Waals surface area contributed by atoms with E-state index in [1.807, 2.05) is 18.2 Å². The normalized spacial score (nSPS) is 18.9. The number of nitrogens with zero attached hydrogens (tertiary/aromatic N) is 1. The van der Waals surface area contributed by atoms with Crippen LogP contribution < -0.4 is 4.74 Å². The molecule has 1 unspecified atom stereocenters. The molecule has 1 heterocycles. The van der Waals surface area contributed by atoms with Gasteiger partial charge >= 0.3 is 5.97 Å². The van der Waals surface area contributed by atoms with Gasteiger partial charge in [-0.15, -0.1) is 12.4 Å². The lowest BCUT2D eigenvalue weighted by Gasteiger charge is -2.25.